The number of aldehydes is 1. The van der Waals surface area contributed by atoms with Gasteiger partial charge in [-0.05, 0) is 19.4 Å². The average molecular weight is 208 g/mol. The minimum absolute atomic E-state index is 0.662. The van der Waals surface area contributed by atoms with Crippen LogP contribution in [0.4, 0.5) is 0 Å². The smallest absolute Gasteiger partial charge is 0.120 e. The third-order valence-electron chi connectivity index (χ3n) is 1.93. The van der Waals surface area contributed by atoms with E-state index >= 15 is 0 Å². The molecule has 0 atom stereocenters. The molecule has 1 rings (SSSR count). The first-order valence-electron chi connectivity index (χ1n) is 4.81. The van der Waals surface area contributed by atoms with Crippen molar-refractivity contribution in [2.45, 2.75) is 26.0 Å². The number of aryl methyl sites for hydroxylation is 2. The van der Waals surface area contributed by atoms with Crippen LogP contribution < -0.4 is 0 Å². The number of hydrogen-bond donors (Lipinski definition) is 0. The molecule has 76 valence electrons. The van der Waals surface area contributed by atoms with E-state index in [2.05, 4.69) is 32.0 Å². The molecule has 0 fully saturated rings. The van der Waals surface area contributed by atoms with E-state index in [1.807, 2.05) is 11.8 Å². The van der Waals surface area contributed by atoms with Gasteiger partial charge in [0.15, 0.2) is 0 Å². The highest BCUT2D eigenvalue weighted by molar-refractivity contribution is 7.98. The summed E-state index contributed by atoms with van der Waals surface area (Å²) in [6, 6.07) is 6.60. The van der Waals surface area contributed by atoms with Crippen molar-refractivity contribution in [1.82, 2.24) is 0 Å². The zero-order valence-electron chi connectivity index (χ0n) is 8.75. The Morgan fingerprint density at radius 1 is 1.21 bits per heavy atom. The molecule has 2 heteroatoms. The zero-order chi connectivity index (χ0) is 10.4. The monoisotopic (exact) mass is 208 g/mol. The van der Waals surface area contributed by atoms with Gasteiger partial charge in [-0.3, -0.25) is 0 Å². The molecule has 0 aliphatic rings. The van der Waals surface area contributed by atoms with Crippen LogP contribution >= 0.6 is 11.8 Å². The van der Waals surface area contributed by atoms with Gasteiger partial charge in [0.2, 0.25) is 0 Å². The van der Waals surface area contributed by atoms with Crippen molar-refractivity contribution in [2.24, 2.45) is 0 Å². The van der Waals surface area contributed by atoms with Crippen molar-refractivity contribution in [1.29, 1.82) is 0 Å². The maximum Gasteiger partial charge on any atom is 0.120 e. The lowest BCUT2D eigenvalue weighted by Crippen LogP contribution is -1.87. The fourth-order valence-electron chi connectivity index (χ4n) is 1.47. The van der Waals surface area contributed by atoms with Crippen molar-refractivity contribution < 1.29 is 4.79 Å². The van der Waals surface area contributed by atoms with E-state index in [0.717, 1.165) is 17.8 Å². The van der Waals surface area contributed by atoms with Gasteiger partial charge in [0.25, 0.3) is 0 Å². The maximum atomic E-state index is 10.1. The largest absolute Gasteiger partial charge is 0.303 e. The molecule has 1 aromatic rings. The van der Waals surface area contributed by atoms with Gasteiger partial charge in [-0.15, -0.1) is 0 Å². The molecule has 1 nitrogen and oxygen atoms in total. The summed E-state index contributed by atoms with van der Waals surface area (Å²) in [5.41, 5.74) is 3.99. The van der Waals surface area contributed by atoms with Gasteiger partial charge in [0, 0.05) is 17.9 Å². The van der Waals surface area contributed by atoms with E-state index in [1.165, 1.54) is 16.7 Å². The Morgan fingerprint density at radius 2 is 1.86 bits per heavy atom. The Morgan fingerprint density at radius 3 is 2.43 bits per heavy atom. The molecule has 0 aliphatic heterocycles. The predicted octanol–water partition coefficient (Wildman–Crippen LogP) is 3.13. The molecule has 14 heavy (non-hydrogen) atoms. The summed E-state index contributed by atoms with van der Waals surface area (Å²) in [7, 11) is 0. The lowest BCUT2D eigenvalue weighted by atomic mass is 10.1. The van der Waals surface area contributed by atoms with Crippen LogP contribution in [0.3, 0.4) is 0 Å². The number of rotatable bonds is 5. The van der Waals surface area contributed by atoms with Crippen molar-refractivity contribution in [3.05, 3.63) is 34.9 Å². The minimum atomic E-state index is 0.662. The second-order valence-electron chi connectivity index (χ2n) is 3.50. The topological polar surface area (TPSA) is 17.1 Å². The zero-order valence-corrected chi connectivity index (χ0v) is 9.56. The van der Waals surface area contributed by atoms with Gasteiger partial charge in [-0.1, -0.05) is 29.3 Å². The molecule has 0 bridgehead atoms. The van der Waals surface area contributed by atoms with E-state index in [1.54, 1.807) is 0 Å². The summed E-state index contributed by atoms with van der Waals surface area (Å²) in [6.07, 6.45) is 1.64. The standard InChI is InChI=1S/C12H16OS/c1-10-6-11(2)8-12(7-10)9-14-5-3-4-13/h4,6-8H,3,5,9H2,1-2H3. The summed E-state index contributed by atoms with van der Waals surface area (Å²) in [4.78, 5) is 10.1. The fourth-order valence-corrected chi connectivity index (χ4v) is 2.28. The number of benzene rings is 1. The molecule has 0 aliphatic carbocycles. The van der Waals surface area contributed by atoms with E-state index < -0.39 is 0 Å². The number of carbonyl (C=O) groups excluding carboxylic acids is 1. The Balaban J connectivity index is 2.46. The highest BCUT2D eigenvalue weighted by Gasteiger charge is 1.96. The molecule has 1 aromatic carbocycles. The predicted molar refractivity (Wildman–Crippen MR) is 62.8 cm³/mol. The molecule has 0 amide bonds. The summed E-state index contributed by atoms with van der Waals surface area (Å²) < 4.78 is 0. The van der Waals surface area contributed by atoms with E-state index in [9.17, 15) is 4.79 Å². The van der Waals surface area contributed by atoms with Gasteiger partial charge in [-0.25, -0.2) is 0 Å². The SMILES string of the molecule is Cc1cc(C)cc(CSCCC=O)c1. The molecule has 0 radical (unpaired) electrons. The molecule has 0 saturated carbocycles. The highest BCUT2D eigenvalue weighted by Crippen LogP contribution is 2.15. The third kappa shape index (κ3) is 3.97. The van der Waals surface area contributed by atoms with Crippen molar-refractivity contribution in [2.75, 3.05) is 5.75 Å². The second-order valence-corrected chi connectivity index (χ2v) is 4.61. The van der Waals surface area contributed by atoms with Gasteiger partial charge < -0.3 is 4.79 Å². The summed E-state index contributed by atoms with van der Waals surface area (Å²) in [6.45, 7) is 4.24. The summed E-state index contributed by atoms with van der Waals surface area (Å²) >= 11 is 1.82. The highest BCUT2D eigenvalue weighted by atomic mass is 32.2. The quantitative estimate of drug-likeness (QED) is 0.546. The molecule has 0 unspecified atom stereocenters. The van der Waals surface area contributed by atoms with Gasteiger partial charge >= 0.3 is 0 Å². The molecule has 0 aromatic heterocycles. The minimum Gasteiger partial charge on any atom is -0.303 e. The van der Waals surface area contributed by atoms with E-state index in [0.29, 0.717) is 6.42 Å². The van der Waals surface area contributed by atoms with Crippen LogP contribution in [0.1, 0.15) is 23.1 Å². The Labute approximate surface area is 89.9 Å². The van der Waals surface area contributed by atoms with Crippen LogP contribution in [0.25, 0.3) is 0 Å². The molecule has 0 N–H and O–H groups in total. The summed E-state index contributed by atoms with van der Waals surface area (Å²) in [5.74, 6) is 1.94. The van der Waals surface area contributed by atoms with Crippen LogP contribution in [0.5, 0.6) is 0 Å². The van der Waals surface area contributed by atoms with Crippen LogP contribution in [0, 0.1) is 13.8 Å². The first-order valence-corrected chi connectivity index (χ1v) is 5.96. The Hall–Kier alpha value is -0.760. The fraction of sp³-hybridized carbons (Fsp3) is 0.417. The third-order valence-corrected chi connectivity index (χ3v) is 2.99. The van der Waals surface area contributed by atoms with Gasteiger partial charge in [0.05, 0.1) is 0 Å². The second kappa shape index (κ2) is 5.86. The van der Waals surface area contributed by atoms with Crippen LogP contribution in [-0.4, -0.2) is 12.0 Å². The Bertz CT molecular complexity index is 287. The van der Waals surface area contributed by atoms with Crippen molar-refractivity contribution in [3.63, 3.8) is 0 Å². The van der Waals surface area contributed by atoms with Crippen LogP contribution in [0.15, 0.2) is 18.2 Å². The molecule has 0 spiro atoms. The van der Waals surface area contributed by atoms with E-state index in [4.69, 9.17) is 0 Å². The van der Waals surface area contributed by atoms with Crippen molar-refractivity contribution >= 4 is 18.0 Å². The maximum absolute atomic E-state index is 10.1. The molecule has 0 saturated heterocycles. The molecule has 0 heterocycles. The lowest BCUT2D eigenvalue weighted by Gasteiger charge is -2.03. The van der Waals surface area contributed by atoms with Gasteiger partial charge in [-0.2, -0.15) is 11.8 Å². The van der Waals surface area contributed by atoms with Crippen LogP contribution in [0.2, 0.25) is 0 Å². The first-order chi connectivity index (χ1) is 6.72. The first kappa shape index (κ1) is 11.3. The normalized spacial score (nSPS) is 10.1. The molecular weight excluding hydrogens is 192 g/mol. The number of hydrogen-bond acceptors (Lipinski definition) is 2. The van der Waals surface area contributed by atoms with E-state index in [-0.39, 0.29) is 0 Å². The number of thioether (sulfide) groups is 1. The average Bonchev–Trinajstić information content (AvgIpc) is 2.11. The van der Waals surface area contributed by atoms with Gasteiger partial charge in [0.1, 0.15) is 6.29 Å². The number of carbonyl (C=O) groups is 1. The Kier molecular flexibility index (Phi) is 4.74. The lowest BCUT2D eigenvalue weighted by molar-refractivity contribution is -0.107. The molecular formula is C12H16OS. The van der Waals surface area contributed by atoms with Crippen LogP contribution in [-0.2, 0) is 10.5 Å². The van der Waals surface area contributed by atoms with Crippen molar-refractivity contribution in [3.8, 4) is 0 Å². The summed E-state index contributed by atoms with van der Waals surface area (Å²) in [5, 5.41) is 0.